The third kappa shape index (κ3) is 11.2. The number of hydrogen-bond donors (Lipinski definition) is 2. The van der Waals surface area contributed by atoms with Crippen LogP contribution in [0.2, 0.25) is 0 Å². The van der Waals surface area contributed by atoms with E-state index in [0.29, 0.717) is 45.6 Å². The maximum atomic E-state index is 15.3. The number of pyridine rings is 1. The molecule has 79 heavy (non-hydrogen) atoms. The number of benzene rings is 1. The normalized spacial score (nSPS) is 28.0. The largest absolute Gasteiger partial charge is 0.464 e. The van der Waals surface area contributed by atoms with Gasteiger partial charge in [0.05, 0.1) is 66.0 Å². The van der Waals surface area contributed by atoms with Crippen molar-refractivity contribution in [2.75, 3.05) is 77.6 Å². The van der Waals surface area contributed by atoms with Crippen molar-refractivity contribution in [3.63, 3.8) is 0 Å². The highest BCUT2D eigenvalue weighted by molar-refractivity contribution is 7.10. The summed E-state index contributed by atoms with van der Waals surface area (Å²) in [6.07, 6.45) is 11.8. The van der Waals surface area contributed by atoms with E-state index in [1.807, 2.05) is 12.3 Å². The number of thiazole rings is 1. The summed E-state index contributed by atoms with van der Waals surface area (Å²) in [5.74, 6) is -1.35. The first kappa shape index (κ1) is 54.2. The molecule has 19 heteroatoms. The number of anilines is 1. The van der Waals surface area contributed by atoms with Gasteiger partial charge in [-0.15, -0.1) is 11.3 Å². The molecule has 422 valence electrons. The van der Waals surface area contributed by atoms with Crippen LogP contribution in [0.3, 0.4) is 0 Å². The van der Waals surface area contributed by atoms with Crippen LogP contribution in [-0.4, -0.2) is 160 Å². The van der Waals surface area contributed by atoms with E-state index in [-0.39, 0.29) is 54.0 Å². The van der Waals surface area contributed by atoms with Gasteiger partial charge in [-0.25, -0.2) is 20.4 Å². The van der Waals surface area contributed by atoms with E-state index >= 15 is 4.79 Å². The van der Waals surface area contributed by atoms with Gasteiger partial charge in [0.25, 0.3) is 5.91 Å². The smallest absolute Gasteiger partial charge is 0.324 e. The van der Waals surface area contributed by atoms with Crippen molar-refractivity contribution in [2.24, 2.45) is 17.3 Å². The van der Waals surface area contributed by atoms with Crippen molar-refractivity contribution in [2.45, 2.75) is 147 Å². The Hall–Kier alpha value is -5.41. The predicted octanol–water partition coefficient (Wildman–Crippen LogP) is 7.49. The first-order chi connectivity index (χ1) is 38.1. The number of aromatic nitrogens is 5. The summed E-state index contributed by atoms with van der Waals surface area (Å²) in [4.78, 5) is 71.0. The molecule has 5 aliphatic heterocycles. The molecule has 12 rings (SSSR count). The number of ether oxygens (including phenoxy) is 4. The Morgan fingerprint density at radius 1 is 0.975 bits per heavy atom. The third-order valence-corrected chi connectivity index (χ3v) is 18.9. The lowest BCUT2D eigenvalue weighted by Crippen LogP contribution is -2.63. The van der Waals surface area contributed by atoms with E-state index in [4.69, 9.17) is 28.9 Å². The number of nitrogens with zero attached hydrogens (tertiary/aromatic N) is 9. The molecule has 2 aliphatic carbocycles. The first-order valence-corrected chi connectivity index (χ1v) is 29.9. The highest BCUT2D eigenvalue weighted by atomic mass is 32.1. The number of hydrazine groups is 1. The highest BCUT2D eigenvalue weighted by Gasteiger charge is 2.55. The molecular formula is C60H79N11O7S. The molecule has 0 radical (unpaired) electrons. The molecule has 8 atom stereocenters. The second-order valence-corrected chi connectivity index (χ2v) is 25.7. The maximum Gasteiger partial charge on any atom is 0.324 e. The minimum absolute atomic E-state index is 0.0275. The number of piperazine rings is 1. The van der Waals surface area contributed by atoms with E-state index < -0.39 is 29.5 Å². The molecule has 2 saturated carbocycles. The second-order valence-electron chi connectivity index (χ2n) is 24.8. The van der Waals surface area contributed by atoms with E-state index in [1.165, 1.54) is 30.5 Å². The summed E-state index contributed by atoms with van der Waals surface area (Å²) < 4.78 is 27.9. The number of carbonyl (C=O) groups excluding carboxylic acids is 3. The molecule has 18 nitrogen and oxygen atoms in total. The van der Waals surface area contributed by atoms with Gasteiger partial charge in [-0.2, -0.15) is 0 Å². The summed E-state index contributed by atoms with van der Waals surface area (Å²) >= 11 is 1.52. The van der Waals surface area contributed by atoms with Crippen molar-refractivity contribution in [1.82, 2.24) is 50.1 Å². The summed E-state index contributed by atoms with van der Waals surface area (Å²) in [5, 5.41) is 8.74. The molecule has 6 bridgehead atoms. The molecule has 1 aromatic carbocycles. The number of rotatable bonds is 13. The van der Waals surface area contributed by atoms with Gasteiger partial charge in [0.1, 0.15) is 23.4 Å². The van der Waals surface area contributed by atoms with Crippen molar-refractivity contribution in [3.8, 4) is 22.5 Å². The Labute approximate surface area is 468 Å². The van der Waals surface area contributed by atoms with Gasteiger partial charge in [-0.1, -0.05) is 26.8 Å². The average Bonchev–Trinajstić information content (AvgIpc) is 4.39. The molecule has 4 saturated heterocycles. The van der Waals surface area contributed by atoms with Crippen LogP contribution in [0, 0.1) is 17.3 Å². The fraction of sp³-hybridized carbons (Fsp3) is 0.617. The van der Waals surface area contributed by atoms with E-state index in [0.717, 1.165) is 126 Å². The zero-order chi connectivity index (χ0) is 54.7. The fourth-order valence-electron chi connectivity index (χ4n) is 13.2. The summed E-state index contributed by atoms with van der Waals surface area (Å²) in [6.45, 7) is 20.4. The van der Waals surface area contributed by atoms with Gasteiger partial charge in [0, 0.05) is 135 Å². The Bertz CT molecular complexity index is 3040. The third-order valence-electron chi connectivity index (χ3n) is 18.0. The Balaban J connectivity index is 0.982. The molecule has 0 unspecified atom stereocenters. The SMILES string of the molecule is CO[C@@H](C)c1ncc(N2CCN(C3CC3)CC2)cc1-c1c2c3cc(ccc3n1CCO[C@H]1CCOC(C)(C)C1)-c1csc(n1)[C@@H](N1CCC1)[C@H](NC(=O)[C@@H]1[C@@H](C)[C@H]1c1ccncn1)C(=O)N1CCC[C@H](N1)C(=O)OCC(C)(C)C2. The van der Waals surface area contributed by atoms with Crippen LogP contribution in [0.15, 0.2) is 54.4 Å². The molecule has 2 amide bonds. The van der Waals surface area contributed by atoms with Gasteiger partial charge in [-0.05, 0) is 101 Å². The van der Waals surface area contributed by atoms with Crippen LogP contribution in [0.4, 0.5) is 5.69 Å². The number of amides is 2. The number of cyclic esters (lactones) is 1. The van der Waals surface area contributed by atoms with E-state index in [9.17, 15) is 9.59 Å². The lowest BCUT2D eigenvalue weighted by atomic mass is 9.84. The fourth-order valence-corrected chi connectivity index (χ4v) is 14.2. The summed E-state index contributed by atoms with van der Waals surface area (Å²) in [5.41, 5.74) is 11.2. The van der Waals surface area contributed by atoms with E-state index in [2.05, 4.69) is 111 Å². The topological polar surface area (TPSA) is 182 Å². The highest BCUT2D eigenvalue weighted by Crippen LogP contribution is 2.53. The number of carbonyl (C=O) groups is 3. The molecule has 9 heterocycles. The molecule has 2 N–H and O–H groups in total. The van der Waals surface area contributed by atoms with Crippen LogP contribution < -0.4 is 15.6 Å². The molecule has 5 aromatic rings. The Kier molecular flexibility index (Phi) is 15.2. The van der Waals surface area contributed by atoms with Crippen molar-refractivity contribution in [1.29, 1.82) is 0 Å². The minimum Gasteiger partial charge on any atom is -0.464 e. The molecule has 6 fully saturated rings. The Morgan fingerprint density at radius 2 is 1.80 bits per heavy atom. The standard InChI is InChI=1S/C60H79N11O7S/c1-36-49(45-15-17-61-35-63-45)50(36)55(72)65-52-54(69-18-9-19-69)56-64-47(33-79-56)38-11-14-48-42(28-38)44(31-59(3,4)34-77-58(74)46-10-8-20-71(66-46)57(52)73)53(70(48)25-27-76-41-16-26-78-60(5,6)30-41)43-29-40(32-62-51(43)37(2)75-7)68-23-21-67(22-24-68)39-12-13-39/h11,14-15,17,28-29,32-33,35-37,39,41,46,49-50,52,54,66H,8-10,12-13,16,18-27,30-31,34H2,1-7H3,(H,65,72)/t36-,37-,41-,46-,49-,50+,52-,54-/m0/s1. The molecular weight excluding hydrogens is 1020 g/mol. The molecule has 0 spiro atoms. The maximum absolute atomic E-state index is 15.3. The minimum atomic E-state index is -0.999. The van der Waals surface area contributed by atoms with Gasteiger partial charge in [-0.3, -0.25) is 34.2 Å². The van der Waals surface area contributed by atoms with Crippen molar-refractivity contribution in [3.05, 3.63) is 76.4 Å². The van der Waals surface area contributed by atoms with Crippen LogP contribution in [0.5, 0.6) is 0 Å². The number of esters is 1. The van der Waals surface area contributed by atoms with Gasteiger partial charge in [0.15, 0.2) is 0 Å². The lowest BCUT2D eigenvalue weighted by Gasteiger charge is -2.43. The Morgan fingerprint density at radius 3 is 2.53 bits per heavy atom. The van der Waals surface area contributed by atoms with Crippen molar-refractivity contribution < 1.29 is 33.3 Å². The van der Waals surface area contributed by atoms with Gasteiger partial charge in [0.2, 0.25) is 5.91 Å². The second kappa shape index (κ2) is 22.2. The zero-order valence-electron chi connectivity index (χ0n) is 47.1. The number of hydrogen-bond acceptors (Lipinski definition) is 16. The number of likely N-dealkylation sites (tertiary alicyclic amines) is 1. The number of fused-ring (bicyclic) bond motifs is 6. The lowest BCUT2D eigenvalue weighted by molar-refractivity contribution is -0.156. The van der Waals surface area contributed by atoms with Crippen LogP contribution in [-0.2, 0) is 46.3 Å². The quantitative estimate of drug-likeness (QED) is 0.111. The van der Waals surface area contributed by atoms with E-state index in [1.54, 1.807) is 18.3 Å². The van der Waals surface area contributed by atoms with Crippen molar-refractivity contribution >= 4 is 45.7 Å². The summed E-state index contributed by atoms with van der Waals surface area (Å²) in [7, 11) is 1.75. The van der Waals surface area contributed by atoms with Crippen LogP contribution >= 0.6 is 11.3 Å². The van der Waals surface area contributed by atoms with Gasteiger partial charge >= 0.3 is 5.97 Å². The number of nitrogens with one attached hydrogen (secondary N) is 2. The molecule has 7 aliphatic rings. The predicted molar refractivity (Wildman–Crippen MR) is 302 cm³/mol. The van der Waals surface area contributed by atoms with Gasteiger partial charge < -0.3 is 33.7 Å². The average molecular weight is 1100 g/mol. The number of methoxy groups -OCH3 is 1. The monoisotopic (exact) mass is 1100 g/mol. The zero-order valence-corrected chi connectivity index (χ0v) is 47.9. The van der Waals surface area contributed by atoms with Crippen LogP contribution in [0.25, 0.3) is 33.4 Å². The first-order valence-electron chi connectivity index (χ1n) is 29.1. The molecule has 4 aromatic heterocycles. The van der Waals surface area contributed by atoms with Crippen LogP contribution in [0.1, 0.15) is 127 Å². The summed E-state index contributed by atoms with van der Waals surface area (Å²) in [6, 6.07) is 9.26.